The fourth-order valence-electron chi connectivity index (χ4n) is 2.24. The number of carbonyl (C=O) groups excluding carboxylic acids is 1. The van der Waals surface area contributed by atoms with Gasteiger partial charge in [0.15, 0.2) is 0 Å². The molecule has 0 saturated heterocycles. The van der Waals surface area contributed by atoms with E-state index >= 15 is 0 Å². The monoisotopic (exact) mass is 321 g/mol. The SMILES string of the molecule is CC(C)CNc1cnc(C(=O)Nc2cccc3cccnc23)cn1. The van der Waals surface area contributed by atoms with Crippen LogP contribution in [-0.4, -0.2) is 27.4 Å². The Kier molecular flexibility index (Phi) is 4.65. The van der Waals surface area contributed by atoms with E-state index in [0.29, 0.717) is 17.4 Å². The molecular weight excluding hydrogens is 302 g/mol. The van der Waals surface area contributed by atoms with Gasteiger partial charge in [0, 0.05) is 18.1 Å². The van der Waals surface area contributed by atoms with E-state index in [1.54, 1.807) is 12.4 Å². The van der Waals surface area contributed by atoms with Gasteiger partial charge in [-0.15, -0.1) is 0 Å². The lowest BCUT2D eigenvalue weighted by atomic mass is 10.2. The summed E-state index contributed by atoms with van der Waals surface area (Å²) in [5.41, 5.74) is 1.66. The Labute approximate surface area is 140 Å². The fourth-order valence-corrected chi connectivity index (χ4v) is 2.24. The van der Waals surface area contributed by atoms with Crippen LogP contribution in [0.5, 0.6) is 0 Å². The van der Waals surface area contributed by atoms with Gasteiger partial charge in [0.05, 0.1) is 23.6 Å². The zero-order valence-electron chi connectivity index (χ0n) is 13.7. The maximum Gasteiger partial charge on any atom is 0.275 e. The molecule has 0 atom stereocenters. The van der Waals surface area contributed by atoms with Crippen LogP contribution >= 0.6 is 0 Å². The van der Waals surface area contributed by atoms with E-state index in [2.05, 4.69) is 39.4 Å². The van der Waals surface area contributed by atoms with Crippen molar-refractivity contribution in [2.45, 2.75) is 13.8 Å². The second-order valence-corrected chi connectivity index (χ2v) is 5.90. The molecule has 2 heterocycles. The standard InChI is InChI=1S/C18H19N5O/c1-12(2)9-21-16-11-20-15(10-22-16)18(24)23-14-7-3-5-13-6-4-8-19-17(13)14/h3-8,10-12H,9H2,1-2H3,(H,21,22)(H,23,24). The predicted octanol–water partition coefficient (Wildman–Crippen LogP) is 3.35. The summed E-state index contributed by atoms with van der Waals surface area (Å²) in [6.45, 7) is 5.03. The zero-order chi connectivity index (χ0) is 16.9. The third kappa shape index (κ3) is 3.65. The summed E-state index contributed by atoms with van der Waals surface area (Å²) in [4.78, 5) is 25.1. The van der Waals surface area contributed by atoms with Crippen LogP contribution < -0.4 is 10.6 Å². The summed E-state index contributed by atoms with van der Waals surface area (Å²) in [6, 6.07) is 9.46. The van der Waals surface area contributed by atoms with E-state index in [1.165, 1.54) is 6.20 Å². The first-order valence-electron chi connectivity index (χ1n) is 7.84. The summed E-state index contributed by atoms with van der Waals surface area (Å²) in [7, 11) is 0. The molecule has 0 aliphatic heterocycles. The van der Waals surface area contributed by atoms with Gasteiger partial charge in [0.25, 0.3) is 5.91 Å². The van der Waals surface area contributed by atoms with Gasteiger partial charge in [-0.25, -0.2) is 9.97 Å². The van der Waals surface area contributed by atoms with Crippen molar-refractivity contribution in [3.05, 3.63) is 54.6 Å². The third-order valence-electron chi connectivity index (χ3n) is 3.46. The highest BCUT2D eigenvalue weighted by Gasteiger charge is 2.11. The Bertz CT molecular complexity index is 840. The summed E-state index contributed by atoms with van der Waals surface area (Å²) >= 11 is 0. The summed E-state index contributed by atoms with van der Waals surface area (Å²) < 4.78 is 0. The summed E-state index contributed by atoms with van der Waals surface area (Å²) in [5.74, 6) is 0.858. The van der Waals surface area contributed by atoms with Crippen molar-refractivity contribution >= 4 is 28.3 Å². The molecule has 0 fully saturated rings. The number of pyridine rings is 1. The molecule has 2 N–H and O–H groups in total. The van der Waals surface area contributed by atoms with Gasteiger partial charge in [-0.2, -0.15) is 0 Å². The quantitative estimate of drug-likeness (QED) is 0.753. The second kappa shape index (κ2) is 7.04. The van der Waals surface area contributed by atoms with Crippen LogP contribution in [0.1, 0.15) is 24.3 Å². The van der Waals surface area contributed by atoms with Crippen molar-refractivity contribution in [1.29, 1.82) is 0 Å². The van der Waals surface area contributed by atoms with E-state index in [9.17, 15) is 4.79 Å². The molecule has 3 aromatic rings. The third-order valence-corrected chi connectivity index (χ3v) is 3.46. The minimum Gasteiger partial charge on any atom is -0.369 e. The molecular formula is C18H19N5O. The van der Waals surface area contributed by atoms with E-state index in [0.717, 1.165) is 17.4 Å². The molecule has 122 valence electrons. The summed E-state index contributed by atoms with van der Waals surface area (Å²) in [6.07, 6.45) is 4.74. The first-order valence-corrected chi connectivity index (χ1v) is 7.84. The number of carbonyl (C=O) groups is 1. The first kappa shape index (κ1) is 15.9. The first-order chi connectivity index (χ1) is 11.6. The lowest BCUT2D eigenvalue weighted by Crippen LogP contribution is -2.15. The molecule has 0 aliphatic carbocycles. The highest BCUT2D eigenvalue weighted by Crippen LogP contribution is 2.21. The smallest absolute Gasteiger partial charge is 0.275 e. The van der Waals surface area contributed by atoms with Crippen LogP contribution in [0.3, 0.4) is 0 Å². The Hall–Kier alpha value is -3.02. The predicted molar refractivity (Wildman–Crippen MR) is 95.1 cm³/mol. The molecule has 0 unspecified atom stereocenters. The number of hydrogen-bond donors (Lipinski definition) is 2. The molecule has 0 radical (unpaired) electrons. The van der Waals surface area contributed by atoms with Crippen LogP contribution in [0.15, 0.2) is 48.9 Å². The van der Waals surface area contributed by atoms with Gasteiger partial charge >= 0.3 is 0 Å². The minimum absolute atomic E-state index is 0.262. The highest BCUT2D eigenvalue weighted by molar-refractivity contribution is 6.07. The molecule has 2 aromatic heterocycles. The molecule has 1 amide bonds. The number of benzene rings is 1. The van der Waals surface area contributed by atoms with Crippen LogP contribution in [0.4, 0.5) is 11.5 Å². The molecule has 24 heavy (non-hydrogen) atoms. The number of para-hydroxylation sites is 1. The lowest BCUT2D eigenvalue weighted by molar-refractivity contribution is 0.102. The molecule has 6 heteroatoms. The van der Waals surface area contributed by atoms with E-state index in [4.69, 9.17) is 0 Å². The van der Waals surface area contributed by atoms with Crippen LogP contribution in [0.25, 0.3) is 10.9 Å². The van der Waals surface area contributed by atoms with Gasteiger partial charge in [0.1, 0.15) is 11.5 Å². The van der Waals surface area contributed by atoms with Gasteiger partial charge in [0.2, 0.25) is 0 Å². The molecule has 3 rings (SSSR count). The second-order valence-electron chi connectivity index (χ2n) is 5.90. The Morgan fingerprint density at radius 2 is 1.92 bits per heavy atom. The van der Waals surface area contributed by atoms with E-state index < -0.39 is 0 Å². The van der Waals surface area contributed by atoms with E-state index in [-0.39, 0.29) is 11.6 Å². The number of hydrogen-bond acceptors (Lipinski definition) is 5. The van der Waals surface area contributed by atoms with Crippen LogP contribution in [0.2, 0.25) is 0 Å². The number of fused-ring (bicyclic) bond motifs is 1. The highest BCUT2D eigenvalue weighted by atomic mass is 16.1. The van der Waals surface area contributed by atoms with Crippen molar-refractivity contribution < 1.29 is 4.79 Å². The number of aromatic nitrogens is 3. The van der Waals surface area contributed by atoms with Crippen molar-refractivity contribution in [1.82, 2.24) is 15.0 Å². The number of anilines is 2. The molecule has 0 bridgehead atoms. The molecule has 0 spiro atoms. The maximum absolute atomic E-state index is 12.4. The molecule has 0 saturated carbocycles. The van der Waals surface area contributed by atoms with Crippen molar-refractivity contribution in [3.63, 3.8) is 0 Å². The van der Waals surface area contributed by atoms with Crippen molar-refractivity contribution in [3.8, 4) is 0 Å². The van der Waals surface area contributed by atoms with Gasteiger partial charge in [-0.1, -0.05) is 32.0 Å². The Morgan fingerprint density at radius 1 is 1.08 bits per heavy atom. The topological polar surface area (TPSA) is 79.8 Å². The van der Waals surface area contributed by atoms with Crippen LogP contribution in [0, 0.1) is 5.92 Å². The average Bonchev–Trinajstić information content (AvgIpc) is 2.60. The van der Waals surface area contributed by atoms with Gasteiger partial charge in [-0.3, -0.25) is 9.78 Å². The largest absolute Gasteiger partial charge is 0.369 e. The zero-order valence-corrected chi connectivity index (χ0v) is 13.7. The van der Waals surface area contributed by atoms with Crippen molar-refractivity contribution in [2.75, 3.05) is 17.2 Å². The number of rotatable bonds is 5. The number of nitrogens with zero attached hydrogens (tertiary/aromatic N) is 3. The molecule has 0 aliphatic rings. The van der Waals surface area contributed by atoms with E-state index in [1.807, 2.05) is 30.3 Å². The normalized spacial score (nSPS) is 10.8. The van der Waals surface area contributed by atoms with Gasteiger partial charge in [-0.05, 0) is 18.1 Å². The average molecular weight is 321 g/mol. The van der Waals surface area contributed by atoms with Gasteiger partial charge < -0.3 is 10.6 Å². The Balaban J connectivity index is 1.74. The van der Waals surface area contributed by atoms with Crippen molar-refractivity contribution in [2.24, 2.45) is 5.92 Å². The lowest BCUT2D eigenvalue weighted by Gasteiger charge is -2.09. The molecule has 6 nitrogen and oxygen atoms in total. The molecule has 1 aromatic carbocycles. The number of amides is 1. The summed E-state index contributed by atoms with van der Waals surface area (Å²) in [5, 5.41) is 6.98. The fraction of sp³-hybridized carbons (Fsp3) is 0.222. The number of nitrogens with one attached hydrogen (secondary N) is 2. The van der Waals surface area contributed by atoms with Crippen LogP contribution in [-0.2, 0) is 0 Å². The minimum atomic E-state index is -0.309. The Morgan fingerprint density at radius 3 is 2.67 bits per heavy atom. The maximum atomic E-state index is 12.4.